The predicted molar refractivity (Wildman–Crippen MR) is 62.4 cm³/mol. The Bertz CT molecular complexity index is 389. The SMILES string of the molecule is C=CC(=O)NCCc1cc(C)nc(OC)c1. The number of aryl methyl sites for hydroxylation is 1. The van der Waals surface area contributed by atoms with Gasteiger partial charge in [0.05, 0.1) is 7.11 Å². The molecule has 0 aromatic carbocycles. The van der Waals surface area contributed by atoms with Gasteiger partial charge in [0.2, 0.25) is 11.8 Å². The Morgan fingerprint density at radius 1 is 1.62 bits per heavy atom. The molecule has 0 spiro atoms. The molecule has 0 atom stereocenters. The summed E-state index contributed by atoms with van der Waals surface area (Å²) in [7, 11) is 1.59. The van der Waals surface area contributed by atoms with Crippen LogP contribution in [0.25, 0.3) is 0 Å². The molecule has 0 aliphatic carbocycles. The summed E-state index contributed by atoms with van der Waals surface area (Å²) in [5.74, 6) is 0.447. The molecule has 0 saturated heterocycles. The van der Waals surface area contributed by atoms with Crippen LogP contribution in [0.5, 0.6) is 5.88 Å². The highest BCUT2D eigenvalue weighted by molar-refractivity contribution is 5.86. The number of hydrogen-bond acceptors (Lipinski definition) is 3. The van der Waals surface area contributed by atoms with Gasteiger partial charge in [-0.3, -0.25) is 4.79 Å². The molecule has 1 heterocycles. The number of rotatable bonds is 5. The summed E-state index contributed by atoms with van der Waals surface area (Å²) in [5, 5.41) is 2.72. The van der Waals surface area contributed by atoms with Gasteiger partial charge in [0.1, 0.15) is 0 Å². The van der Waals surface area contributed by atoms with Crippen molar-refractivity contribution >= 4 is 5.91 Å². The number of aromatic nitrogens is 1. The maximum Gasteiger partial charge on any atom is 0.243 e. The first-order valence-electron chi connectivity index (χ1n) is 5.07. The quantitative estimate of drug-likeness (QED) is 0.760. The topological polar surface area (TPSA) is 51.2 Å². The van der Waals surface area contributed by atoms with E-state index in [9.17, 15) is 4.79 Å². The number of carbonyl (C=O) groups excluding carboxylic acids is 1. The second kappa shape index (κ2) is 5.90. The summed E-state index contributed by atoms with van der Waals surface area (Å²) < 4.78 is 5.07. The van der Waals surface area contributed by atoms with Crippen molar-refractivity contribution in [2.75, 3.05) is 13.7 Å². The standard InChI is InChI=1S/C12H16N2O2/c1-4-11(15)13-6-5-10-7-9(2)14-12(8-10)16-3/h4,7-8H,1,5-6H2,2-3H3,(H,13,15). The minimum Gasteiger partial charge on any atom is -0.481 e. The highest BCUT2D eigenvalue weighted by atomic mass is 16.5. The summed E-state index contributed by atoms with van der Waals surface area (Å²) in [4.78, 5) is 15.1. The minimum atomic E-state index is -0.155. The molecule has 4 heteroatoms. The fraction of sp³-hybridized carbons (Fsp3) is 0.333. The highest BCUT2D eigenvalue weighted by Crippen LogP contribution is 2.11. The molecule has 0 radical (unpaired) electrons. The fourth-order valence-corrected chi connectivity index (χ4v) is 1.36. The Hall–Kier alpha value is -1.84. The van der Waals surface area contributed by atoms with Crippen LogP contribution in [0.4, 0.5) is 0 Å². The van der Waals surface area contributed by atoms with E-state index in [1.54, 1.807) is 7.11 Å². The monoisotopic (exact) mass is 220 g/mol. The number of pyridine rings is 1. The van der Waals surface area contributed by atoms with Crippen molar-refractivity contribution in [2.24, 2.45) is 0 Å². The van der Waals surface area contributed by atoms with Crippen LogP contribution in [0.15, 0.2) is 24.8 Å². The van der Waals surface area contributed by atoms with Crippen molar-refractivity contribution in [1.29, 1.82) is 0 Å². The van der Waals surface area contributed by atoms with E-state index >= 15 is 0 Å². The van der Waals surface area contributed by atoms with Crippen LogP contribution in [0.2, 0.25) is 0 Å². The maximum atomic E-state index is 10.9. The van der Waals surface area contributed by atoms with Crippen molar-refractivity contribution in [3.8, 4) is 5.88 Å². The van der Waals surface area contributed by atoms with E-state index in [-0.39, 0.29) is 5.91 Å². The van der Waals surface area contributed by atoms with Gasteiger partial charge in [0.15, 0.2) is 0 Å². The van der Waals surface area contributed by atoms with E-state index in [1.165, 1.54) is 6.08 Å². The Balaban J connectivity index is 2.56. The van der Waals surface area contributed by atoms with Gasteiger partial charge in [-0.15, -0.1) is 0 Å². The molecular formula is C12H16N2O2. The van der Waals surface area contributed by atoms with Gasteiger partial charge in [-0.1, -0.05) is 6.58 Å². The lowest BCUT2D eigenvalue weighted by Crippen LogP contribution is -2.23. The first-order chi connectivity index (χ1) is 7.65. The van der Waals surface area contributed by atoms with Crippen molar-refractivity contribution in [3.63, 3.8) is 0 Å². The fourth-order valence-electron chi connectivity index (χ4n) is 1.36. The number of carbonyl (C=O) groups is 1. The molecule has 0 aliphatic heterocycles. The lowest BCUT2D eigenvalue weighted by atomic mass is 10.1. The molecule has 0 aliphatic rings. The van der Waals surface area contributed by atoms with Crippen LogP contribution >= 0.6 is 0 Å². The van der Waals surface area contributed by atoms with Crippen molar-refractivity contribution in [2.45, 2.75) is 13.3 Å². The number of amides is 1. The molecule has 86 valence electrons. The van der Waals surface area contributed by atoms with E-state index in [0.29, 0.717) is 12.4 Å². The zero-order valence-corrected chi connectivity index (χ0v) is 9.62. The Kier molecular flexibility index (Phi) is 4.51. The van der Waals surface area contributed by atoms with Crippen LogP contribution < -0.4 is 10.1 Å². The molecule has 16 heavy (non-hydrogen) atoms. The van der Waals surface area contributed by atoms with Gasteiger partial charge in [-0.05, 0) is 31.1 Å². The van der Waals surface area contributed by atoms with E-state index in [0.717, 1.165) is 17.7 Å². The summed E-state index contributed by atoms with van der Waals surface area (Å²) in [6.45, 7) is 5.88. The Labute approximate surface area is 95.3 Å². The van der Waals surface area contributed by atoms with Crippen LogP contribution in [0.1, 0.15) is 11.3 Å². The van der Waals surface area contributed by atoms with E-state index in [2.05, 4.69) is 16.9 Å². The molecule has 1 aromatic heterocycles. The zero-order valence-electron chi connectivity index (χ0n) is 9.62. The van der Waals surface area contributed by atoms with Crippen LogP contribution in [-0.2, 0) is 11.2 Å². The van der Waals surface area contributed by atoms with Gasteiger partial charge in [0.25, 0.3) is 0 Å². The summed E-state index contributed by atoms with van der Waals surface area (Å²) in [5.41, 5.74) is 2.00. The minimum absolute atomic E-state index is 0.155. The van der Waals surface area contributed by atoms with E-state index < -0.39 is 0 Å². The van der Waals surface area contributed by atoms with Gasteiger partial charge in [-0.2, -0.15) is 0 Å². The predicted octanol–water partition coefficient (Wildman–Crippen LogP) is 1.24. The average molecular weight is 220 g/mol. The number of methoxy groups -OCH3 is 1. The second-order valence-electron chi connectivity index (χ2n) is 3.40. The molecule has 0 saturated carbocycles. The van der Waals surface area contributed by atoms with Gasteiger partial charge in [0, 0.05) is 18.3 Å². The normalized spacial score (nSPS) is 9.62. The van der Waals surface area contributed by atoms with Gasteiger partial charge in [-0.25, -0.2) is 4.98 Å². The van der Waals surface area contributed by atoms with Gasteiger partial charge < -0.3 is 10.1 Å². The summed E-state index contributed by atoms with van der Waals surface area (Å²) in [6.07, 6.45) is 2.01. The van der Waals surface area contributed by atoms with E-state index in [1.807, 2.05) is 19.1 Å². The number of nitrogens with zero attached hydrogens (tertiary/aromatic N) is 1. The third-order valence-electron chi connectivity index (χ3n) is 2.10. The van der Waals surface area contributed by atoms with Crippen molar-refractivity contribution in [1.82, 2.24) is 10.3 Å². The van der Waals surface area contributed by atoms with Crippen LogP contribution in [0, 0.1) is 6.92 Å². The molecule has 1 N–H and O–H groups in total. The molecule has 0 unspecified atom stereocenters. The molecule has 0 fully saturated rings. The van der Waals surface area contributed by atoms with Gasteiger partial charge >= 0.3 is 0 Å². The smallest absolute Gasteiger partial charge is 0.243 e. The third-order valence-corrected chi connectivity index (χ3v) is 2.10. The lowest BCUT2D eigenvalue weighted by molar-refractivity contribution is -0.116. The summed E-state index contributed by atoms with van der Waals surface area (Å²) in [6, 6.07) is 3.84. The largest absolute Gasteiger partial charge is 0.481 e. The lowest BCUT2D eigenvalue weighted by Gasteiger charge is -2.06. The maximum absolute atomic E-state index is 10.9. The third kappa shape index (κ3) is 3.73. The summed E-state index contributed by atoms with van der Waals surface area (Å²) >= 11 is 0. The molecular weight excluding hydrogens is 204 g/mol. The molecule has 4 nitrogen and oxygen atoms in total. The Morgan fingerprint density at radius 2 is 2.38 bits per heavy atom. The highest BCUT2D eigenvalue weighted by Gasteiger charge is 2.00. The molecule has 1 rings (SSSR count). The molecule has 1 amide bonds. The van der Waals surface area contributed by atoms with Crippen LogP contribution in [-0.4, -0.2) is 24.5 Å². The molecule has 1 aromatic rings. The zero-order chi connectivity index (χ0) is 12.0. The van der Waals surface area contributed by atoms with E-state index in [4.69, 9.17) is 4.74 Å². The number of ether oxygens (including phenoxy) is 1. The van der Waals surface area contributed by atoms with Crippen LogP contribution in [0.3, 0.4) is 0 Å². The molecule has 0 bridgehead atoms. The van der Waals surface area contributed by atoms with Crippen molar-refractivity contribution < 1.29 is 9.53 Å². The second-order valence-corrected chi connectivity index (χ2v) is 3.40. The van der Waals surface area contributed by atoms with Crippen molar-refractivity contribution in [3.05, 3.63) is 36.0 Å². The first-order valence-corrected chi connectivity index (χ1v) is 5.07. The first kappa shape index (κ1) is 12.2. The number of hydrogen-bond donors (Lipinski definition) is 1. The average Bonchev–Trinajstić information content (AvgIpc) is 2.28. The Morgan fingerprint density at radius 3 is 3.00 bits per heavy atom. The number of nitrogens with one attached hydrogen (secondary N) is 1.